The lowest BCUT2D eigenvalue weighted by Gasteiger charge is -2.24. The van der Waals surface area contributed by atoms with Crippen molar-refractivity contribution >= 4 is 5.69 Å². The van der Waals surface area contributed by atoms with Crippen LogP contribution >= 0.6 is 0 Å². The Kier molecular flexibility index (Phi) is 5.41. The second-order valence-electron chi connectivity index (χ2n) is 7.69. The molecule has 166 valence electrons. The minimum atomic E-state index is -4.55. The average molecular weight is 452 g/mol. The number of pyridine rings is 3. The molecular weight excluding hydrogens is 436 g/mol. The van der Waals surface area contributed by atoms with Gasteiger partial charge in [-0.15, -0.1) is 0 Å². The van der Waals surface area contributed by atoms with Crippen molar-refractivity contribution < 1.29 is 17.6 Å². The van der Waals surface area contributed by atoms with Crippen molar-refractivity contribution in [1.29, 1.82) is 0 Å². The lowest BCUT2D eigenvalue weighted by Crippen LogP contribution is -2.23. The zero-order valence-electron chi connectivity index (χ0n) is 17.5. The van der Waals surface area contributed by atoms with Crippen molar-refractivity contribution in [3.63, 3.8) is 0 Å². The molecule has 4 aromatic rings. The maximum Gasteiger partial charge on any atom is 0.435 e. The minimum Gasteiger partial charge on any atom is -0.275 e. The highest BCUT2D eigenvalue weighted by Gasteiger charge is 2.34. The molecule has 0 N–H and O–H groups in total. The van der Waals surface area contributed by atoms with Crippen LogP contribution in [-0.2, 0) is 11.6 Å². The summed E-state index contributed by atoms with van der Waals surface area (Å²) in [6, 6.07) is 10.9. The van der Waals surface area contributed by atoms with Crippen LogP contribution in [-0.4, -0.2) is 24.7 Å². The van der Waals surface area contributed by atoms with Gasteiger partial charge in [-0.3, -0.25) is 9.97 Å². The van der Waals surface area contributed by atoms with Crippen molar-refractivity contribution in [3.8, 4) is 17.1 Å². The van der Waals surface area contributed by atoms with E-state index in [1.807, 2.05) is 13.8 Å². The Morgan fingerprint density at radius 1 is 0.909 bits per heavy atom. The van der Waals surface area contributed by atoms with E-state index < -0.39 is 23.1 Å². The van der Waals surface area contributed by atoms with Crippen LogP contribution in [0.5, 0.6) is 0 Å². The van der Waals surface area contributed by atoms with Gasteiger partial charge in [-0.2, -0.15) is 18.3 Å². The summed E-state index contributed by atoms with van der Waals surface area (Å²) in [6.45, 7) is 10.8. The predicted octanol–water partition coefficient (Wildman–Crippen LogP) is 5.76. The molecule has 0 aliphatic rings. The smallest absolute Gasteiger partial charge is 0.275 e. The molecule has 33 heavy (non-hydrogen) atoms. The molecule has 0 aliphatic heterocycles. The van der Waals surface area contributed by atoms with Gasteiger partial charge in [-0.25, -0.2) is 18.9 Å². The number of hydrogen-bond acceptors (Lipinski definition) is 4. The standard InChI is InChI=1S/C23H16F4N6/c1-22(2,17-7-4-6-15(30-17)14-12-29-13-16(28-3)21(14)24)18-8-5-9-20(31-18)33-11-10-19(32-33)23(25,26)27/h4-13H,1-2H3. The van der Waals surface area contributed by atoms with Gasteiger partial charge in [-0.05, 0) is 44.2 Å². The zero-order valence-corrected chi connectivity index (χ0v) is 17.5. The van der Waals surface area contributed by atoms with Crippen molar-refractivity contribution in [3.05, 3.63) is 95.4 Å². The summed E-state index contributed by atoms with van der Waals surface area (Å²) < 4.78 is 54.4. The van der Waals surface area contributed by atoms with E-state index in [1.165, 1.54) is 12.4 Å². The largest absolute Gasteiger partial charge is 0.435 e. The summed E-state index contributed by atoms with van der Waals surface area (Å²) in [6.07, 6.45) is -0.908. The predicted molar refractivity (Wildman–Crippen MR) is 112 cm³/mol. The summed E-state index contributed by atoms with van der Waals surface area (Å²) in [5.74, 6) is -0.492. The molecule has 0 radical (unpaired) electrons. The molecule has 0 saturated heterocycles. The van der Waals surface area contributed by atoms with Gasteiger partial charge in [0.15, 0.2) is 11.5 Å². The highest BCUT2D eigenvalue weighted by Crippen LogP contribution is 2.33. The quantitative estimate of drug-likeness (QED) is 0.292. The molecule has 6 nitrogen and oxygen atoms in total. The van der Waals surface area contributed by atoms with Crippen molar-refractivity contribution in [2.24, 2.45) is 0 Å². The maximum absolute atomic E-state index is 14.6. The van der Waals surface area contributed by atoms with Crippen LogP contribution in [0.25, 0.3) is 21.9 Å². The Morgan fingerprint density at radius 2 is 1.61 bits per heavy atom. The zero-order chi connectivity index (χ0) is 23.8. The van der Waals surface area contributed by atoms with Crippen molar-refractivity contribution in [2.45, 2.75) is 25.4 Å². The third-order valence-corrected chi connectivity index (χ3v) is 5.14. The number of alkyl halides is 3. The van der Waals surface area contributed by atoms with E-state index in [1.54, 1.807) is 36.4 Å². The molecule has 0 bridgehead atoms. The lowest BCUT2D eigenvalue weighted by atomic mass is 9.84. The Labute approximate surface area is 186 Å². The number of rotatable bonds is 4. The molecule has 0 saturated carbocycles. The van der Waals surface area contributed by atoms with Crippen molar-refractivity contribution in [2.75, 3.05) is 0 Å². The van der Waals surface area contributed by atoms with Gasteiger partial charge in [0.25, 0.3) is 0 Å². The molecular formula is C23H16F4N6. The van der Waals surface area contributed by atoms with Crippen LogP contribution in [0.1, 0.15) is 30.9 Å². The van der Waals surface area contributed by atoms with Gasteiger partial charge in [0.1, 0.15) is 5.82 Å². The highest BCUT2D eigenvalue weighted by molar-refractivity contribution is 5.65. The third kappa shape index (κ3) is 4.17. The van der Waals surface area contributed by atoms with Crippen LogP contribution in [0.4, 0.5) is 23.2 Å². The van der Waals surface area contributed by atoms with E-state index in [-0.39, 0.29) is 17.1 Å². The fourth-order valence-electron chi connectivity index (χ4n) is 3.26. The van der Waals surface area contributed by atoms with E-state index >= 15 is 0 Å². The molecule has 0 aliphatic carbocycles. The summed E-state index contributed by atoms with van der Waals surface area (Å²) in [5, 5.41) is 3.57. The van der Waals surface area contributed by atoms with E-state index in [2.05, 4.69) is 24.9 Å². The fourth-order valence-corrected chi connectivity index (χ4v) is 3.26. The normalized spacial score (nSPS) is 11.9. The summed E-state index contributed by atoms with van der Waals surface area (Å²) >= 11 is 0. The second kappa shape index (κ2) is 8.09. The van der Waals surface area contributed by atoms with Gasteiger partial charge < -0.3 is 0 Å². The van der Waals surface area contributed by atoms with Crippen LogP contribution in [0.15, 0.2) is 61.1 Å². The van der Waals surface area contributed by atoms with Crippen LogP contribution in [0.2, 0.25) is 0 Å². The molecule has 0 atom stereocenters. The Morgan fingerprint density at radius 3 is 2.27 bits per heavy atom. The van der Waals surface area contributed by atoms with Crippen LogP contribution < -0.4 is 0 Å². The first-order valence-corrected chi connectivity index (χ1v) is 9.71. The highest BCUT2D eigenvalue weighted by atomic mass is 19.4. The first-order valence-electron chi connectivity index (χ1n) is 9.71. The topological polar surface area (TPSA) is 60.9 Å². The average Bonchev–Trinajstić information content (AvgIpc) is 3.31. The molecule has 4 rings (SSSR count). The molecule has 0 unspecified atom stereocenters. The maximum atomic E-state index is 14.6. The van der Waals surface area contributed by atoms with E-state index in [0.717, 1.165) is 16.9 Å². The number of halogens is 4. The second-order valence-corrected chi connectivity index (χ2v) is 7.69. The molecule has 0 aromatic carbocycles. The van der Waals surface area contributed by atoms with Gasteiger partial charge in [0.05, 0.1) is 23.7 Å². The lowest BCUT2D eigenvalue weighted by molar-refractivity contribution is -0.141. The monoisotopic (exact) mass is 452 g/mol. The Hall–Kier alpha value is -4.13. The van der Waals surface area contributed by atoms with E-state index in [9.17, 15) is 17.6 Å². The van der Waals surface area contributed by atoms with Gasteiger partial charge in [0, 0.05) is 29.6 Å². The number of nitrogens with zero attached hydrogens (tertiary/aromatic N) is 6. The van der Waals surface area contributed by atoms with Crippen LogP contribution in [0, 0.1) is 12.4 Å². The van der Waals surface area contributed by atoms with Gasteiger partial charge >= 0.3 is 6.18 Å². The SMILES string of the molecule is [C-]#[N+]c1cncc(-c2cccc(C(C)(C)c3cccc(-n4ccc(C(F)(F)F)n4)n3)n2)c1F. The fraction of sp³-hybridized carbons (Fsp3) is 0.174. The molecule has 4 heterocycles. The van der Waals surface area contributed by atoms with E-state index in [4.69, 9.17) is 6.57 Å². The summed E-state index contributed by atoms with van der Waals surface area (Å²) in [7, 11) is 0. The molecule has 0 fully saturated rings. The number of aromatic nitrogens is 5. The van der Waals surface area contributed by atoms with Gasteiger partial charge in [0.2, 0.25) is 5.69 Å². The Balaban J connectivity index is 1.73. The van der Waals surface area contributed by atoms with Gasteiger partial charge in [-0.1, -0.05) is 12.1 Å². The Bertz CT molecular complexity index is 1370. The first-order chi connectivity index (χ1) is 15.6. The minimum absolute atomic E-state index is 0.0964. The molecule has 10 heteroatoms. The number of hydrogen-bond donors (Lipinski definition) is 0. The first kappa shape index (κ1) is 22.1. The van der Waals surface area contributed by atoms with E-state index in [0.29, 0.717) is 17.1 Å². The molecule has 0 spiro atoms. The van der Waals surface area contributed by atoms with Crippen molar-refractivity contribution in [1.82, 2.24) is 24.7 Å². The van der Waals surface area contributed by atoms with Crippen LogP contribution in [0.3, 0.4) is 0 Å². The molecule has 0 amide bonds. The summed E-state index contributed by atoms with van der Waals surface area (Å²) in [5.41, 5.74) is -0.525. The molecule has 4 aromatic heterocycles. The third-order valence-electron chi connectivity index (χ3n) is 5.14. The summed E-state index contributed by atoms with van der Waals surface area (Å²) in [4.78, 5) is 16.1.